The fraction of sp³-hybridized carbons (Fsp3) is 0.692. The molecule has 0 bridgehead atoms. The number of carbonyl (C=O) groups is 1. The zero-order chi connectivity index (χ0) is 15.7. The molecule has 1 atom stereocenters. The van der Waals surface area contributed by atoms with Crippen molar-refractivity contribution in [3.8, 4) is 0 Å². The first-order valence-electron chi connectivity index (χ1n) is 6.80. The number of alkyl halides is 3. The van der Waals surface area contributed by atoms with Gasteiger partial charge in [0, 0.05) is 32.5 Å². The van der Waals surface area contributed by atoms with E-state index in [9.17, 15) is 23.1 Å². The van der Waals surface area contributed by atoms with Gasteiger partial charge in [0.25, 0.3) is 0 Å². The van der Waals surface area contributed by atoms with Crippen LogP contribution >= 0.6 is 0 Å². The Morgan fingerprint density at radius 3 is 2.43 bits per heavy atom. The topological polar surface area (TPSA) is 58.4 Å². The average molecular weight is 305 g/mol. The van der Waals surface area contributed by atoms with Crippen molar-refractivity contribution in [2.45, 2.75) is 37.5 Å². The van der Waals surface area contributed by atoms with Gasteiger partial charge in [0.05, 0.1) is 6.42 Å². The lowest BCUT2D eigenvalue weighted by molar-refractivity contribution is -0.272. The Morgan fingerprint density at radius 2 is 1.95 bits per heavy atom. The summed E-state index contributed by atoms with van der Waals surface area (Å²) in [4.78, 5) is 17.0. The molecule has 1 aromatic heterocycles. The highest BCUT2D eigenvalue weighted by atomic mass is 19.4. The van der Waals surface area contributed by atoms with Crippen molar-refractivity contribution in [1.82, 2.24) is 14.5 Å². The second-order valence-electron chi connectivity index (χ2n) is 5.34. The number of hydrogen-bond donors (Lipinski definition) is 1. The predicted molar refractivity (Wildman–Crippen MR) is 68.2 cm³/mol. The standard InChI is InChI=1S/C13H18F3N3O2/c1-18-8-5-17-11(18)12(21,13(14,15)16)9-10(20)19-6-3-2-4-7-19/h5,8,21H,2-4,6-7,9H2,1H3. The molecule has 1 fully saturated rings. The van der Waals surface area contributed by atoms with Crippen LogP contribution < -0.4 is 0 Å². The summed E-state index contributed by atoms with van der Waals surface area (Å²) in [6.07, 6.45) is -1.03. The Bertz CT molecular complexity index is 509. The molecular weight excluding hydrogens is 287 g/mol. The summed E-state index contributed by atoms with van der Waals surface area (Å²) in [7, 11) is 1.35. The summed E-state index contributed by atoms with van der Waals surface area (Å²) in [5, 5.41) is 10.1. The van der Waals surface area contributed by atoms with Crippen molar-refractivity contribution in [3.63, 3.8) is 0 Å². The molecule has 0 radical (unpaired) electrons. The first kappa shape index (κ1) is 15.8. The number of aliphatic hydroxyl groups is 1. The molecule has 118 valence electrons. The number of imidazole rings is 1. The van der Waals surface area contributed by atoms with Crippen LogP contribution in [0.2, 0.25) is 0 Å². The molecule has 0 saturated carbocycles. The summed E-state index contributed by atoms with van der Waals surface area (Å²) in [6.45, 7) is 0.876. The lowest BCUT2D eigenvalue weighted by Gasteiger charge is -2.33. The monoisotopic (exact) mass is 305 g/mol. The third kappa shape index (κ3) is 3.04. The Morgan fingerprint density at radius 1 is 1.33 bits per heavy atom. The van der Waals surface area contributed by atoms with Gasteiger partial charge in [0.2, 0.25) is 11.5 Å². The van der Waals surface area contributed by atoms with Gasteiger partial charge in [-0.05, 0) is 19.3 Å². The zero-order valence-electron chi connectivity index (χ0n) is 11.7. The van der Waals surface area contributed by atoms with Gasteiger partial charge in [-0.15, -0.1) is 0 Å². The third-order valence-corrected chi connectivity index (χ3v) is 3.78. The number of halogens is 3. The molecule has 8 heteroatoms. The van der Waals surface area contributed by atoms with Crippen LogP contribution in [0, 0.1) is 0 Å². The largest absolute Gasteiger partial charge is 0.425 e. The number of hydrogen-bond acceptors (Lipinski definition) is 3. The van der Waals surface area contributed by atoms with Crippen molar-refractivity contribution in [1.29, 1.82) is 0 Å². The van der Waals surface area contributed by atoms with Crippen molar-refractivity contribution in [3.05, 3.63) is 18.2 Å². The van der Waals surface area contributed by atoms with E-state index in [0.717, 1.165) is 30.0 Å². The van der Waals surface area contributed by atoms with Crippen LogP contribution in [-0.4, -0.2) is 44.7 Å². The minimum Gasteiger partial charge on any atom is -0.374 e. The first-order chi connectivity index (χ1) is 9.75. The summed E-state index contributed by atoms with van der Waals surface area (Å²) in [5.41, 5.74) is -3.26. The minimum absolute atomic E-state index is 0.438. The maximum Gasteiger partial charge on any atom is 0.425 e. The van der Waals surface area contributed by atoms with Gasteiger partial charge in [0.15, 0.2) is 5.82 Å². The van der Waals surface area contributed by atoms with E-state index in [0.29, 0.717) is 13.1 Å². The lowest BCUT2D eigenvalue weighted by Crippen LogP contribution is -2.49. The van der Waals surface area contributed by atoms with Gasteiger partial charge in [-0.1, -0.05) is 0 Å². The van der Waals surface area contributed by atoms with Crippen molar-refractivity contribution in [2.75, 3.05) is 13.1 Å². The molecule has 0 aromatic carbocycles. The Hall–Kier alpha value is -1.57. The number of carbonyl (C=O) groups excluding carboxylic acids is 1. The molecule has 2 heterocycles. The molecule has 21 heavy (non-hydrogen) atoms. The van der Waals surface area contributed by atoms with Crippen LogP contribution in [0.4, 0.5) is 13.2 Å². The second kappa shape index (κ2) is 5.67. The fourth-order valence-electron chi connectivity index (χ4n) is 2.54. The van der Waals surface area contributed by atoms with E-state index in [1.807, 2.05) is 0 Å². The highest BCUT2D eigenvalue weighted by molar-refractivity contribution is 5.77. The molecule has 0 spiro atoms. The summed E-state index contributed by atoms with van der Waals surface area (Å²) >= 11 is 0. The van der Waals surface area contributed by atoms with Crippen LogP contribution in [-0.2, 0) is 17.4 Å². The summed E-state index contributed by atoms with van der Waals surface area (Å²) in [5.74, 6) is -1.27. The van der Waals surface area contributed by atoms with Gasteiger partial charge >= 0.3 is 6.18 Å². The van der Waals surface area contributed by atoms with E-state index in [2.05, 4.69) is 4.98 Å². The lowest BCUT2D eigenvalue weighted by atomic mass is 9.96. The maximum absolute atomic E-state index is 13.3. The highest BCUT2D eigenvalue weighted by Crippen LogP contribution is 2.41. The molecule has 1 amide bonds. The minimum atomic E-state index is -4.97. The predicted octanol–water partition coefficient (Wildman–Crippen LogP) is 1.57. The molecule has 1 aliphatic heterocycles. The van der Waals surface area contributed by atoms with Crippen LogP contribution in [0.1, 0.15) is 31.5 Å². The Balaban J connectivity index is 2.25. The molecule has 1 unspecified atom stereocenters. The number of nitrogens with zero attached hydrogens (tertiary/aromatic N) is 3. The summed E-state index contributed by atoms with van der Waals surface area (Å²) in [6, 6.07) is 0. The molecule has 5 nitrogen and oxygen atoms in total. The van der Waals surface area contributed by atoms with Crippen LogP contribution in [0.3, 0.4) is 0 Å². The fourth-order valence-corrected chi connectivity index (χ4v) is 2.54. The Labute approximate surface area is 120 Å². The van der Waals surface area contributed by atoms with Gasteiger partial charge in [-0.25, -0.2) is 4.98 Å². The average Bonchev–Trinajstić information content (AvgIpc) is 2.85. The smallest absolute Gasteiger partial charge is 0.374 e. The molecule has 1 N–H and O–H groups in total. The summed E-state index contributed by atoms with van der Waals surface area (Å²) < 4.78 is 41.0. The van der Waals surface area contributed by atoms with Gasteiger partial charge in [-0.2, -0.15) is 13.2 Å². The molecule has 1 aliphatic rings. The molecular formula is C13H18F3N3O2. The van der Waals surface area contributed by atoms with Crippen LogP contribution in [0.5, 0.6) is 0 Å². The molecule has 1 aromatic rings. The SMILES string of the molecule is Cn1ccnc1C(O)(CC(=O)N1CCCCC1)C(F)(F)F. The van der Waals surface area contributed by atoms with Crippen LogP contribution in [0.15, 0.2) is 12.4 Å². The van der Waals surface area contributed by atoms with Crippen molar-refractivity contribution < 1.29 is 23.1 Å². The number of rotatable bonds is 3. The molecule has 1 saturated heterocycles. The number of aryl methyl sites for hydroxylation is 1. The van der Waals surface area contributed by atoms with Gasteiger partial charge in [-0.3, -0.25) is 4.79 Å². The van der Waals surface area contributed by atoms with Crippen molar-refractivity contribution in [2.24, 2.45) is 7.05 Å². The third-order valence-electron chi connectivity index (χ3n) is 3.78. The number of likely N-dealkylation sites (tertiary alicyclic amines) is 1. The number of aromatic nitrogens is 2. The van der Waals surface area contributed by atoms with Gasteiger partial charge < -0.3 is 14.6 Å². The maximum atomic E-state index is 13.3. The van der Waals surface area contributed by atoms with E-state index in [4.69, 9.17) is 0 Å². The normalized spacial score (nSPS) is 19.4. The van der Waals surface area contributed by atoms with E-state index >= 15 is 0 Å². The van der Waals surface area contributed by atoms with Crippen molar-refractivity contribution >= 4 is 5.91 Å². The Kier molecular flexibility index (Phi) is 4.27. The first-order valence-corrected chi connectivity index (χ1v) is 6.80. The molecule has 2 rings (SSSR count). The van der Waals surface area contributed by atoms with E-state index in [1.165, 1.54) is 18.1 Å². The van der Waals surface area contributed by atoms with E-state index in [-0.39, 0.29) is 0 Å². The quantitative estimate of drug-likeness (QED) is 0.922. The number of piperidine rings is 1. The number of amides is 1. The molecule has 0 aliphatic carbocycles. The van der Waals surface area contributed by atoms with Crippen LogP contribution in [0.25, 0.3) is 0 Å². The highest BCUT2D eigenvalue weighted by Gasteiger charge is 2.59. The zero-order valence-corrected chi connectivity index (χ0v) is 11.7. The van der Waals surface area contributed by atoms with E-state index < -0.39 is 29.9 Å². The van der Waals surface area contributed by atoms with Gasteiger partial charge in [0.1, 0.15) is 0 Å². The van der Waals surface area contributed by atoms with E-state index in [1.54, 1.807) is 0 Å². The second-order valence-corrected chi connectivity index (χ2v) is 5.34.